The van der Waals surface area contributed by atoms with Crippen LogP contribution in [0.5, 0.6) is 0 Å². The second-order valence-corrected chi connectivity index (χ2v) is 6.38. The number of rotatable bonds is 4. The highest BCUT2D eigenvalue weighted by Crippen LogP contribution is 2.28. The van der Waals surface area contributed by atoms with Crippen LogP contribution < -0.4 is 10.2 Å². The van der Waals surface area contributed by atoms with Gasteiger partial charge in [0.1, 0.15) is 0 Å². The SMILES string of the molecule is O=C(/C=C/c1cccs1)Nc1ccccc1N1CCCCC1. The monoisotopic (exact) mass is 312 g/mol. The molecule has 0 saturated carbocycles. The van der Waals surface area contributed by atoms with Crippen molar-refractivity contribution in [1.29, 1.82) is 0 Å². The van der Waals surface area contributed by atoms with Crippen molar-refractivity contribution in [2.75, 3.05) is 23.3 Å². The molecule has 1 amide bonds. The zero-order valence-electron chi connectivity index (χ0n) is 12.5. The fraction of sp³-hybridized carbons (Fsp3) is 0.278. The second kappa shape index (κ2) is 7.27. The summed E-state index contributed by atoms with van der Waals surface area (Å²) in [5, 5.41) is 5.01. The Kier molecular flexibility index (Phi) is 4.91. The number of carbonyl (C=O) groups is 1. The molecule has 0 atom stereocenters. The number of thiophene rings is 1. The van der Waals surface area contributed by atoms with Gasteiger partial charge in [-0.25, -0.2) is 0 Å². The summed E-state index contributed by atoms with van der Waals surface area (Å²) in [7, 11) is 0. The van der Waals surface area contributed by atoms with Crippen LogP contribution in [-0.2, 0) is 4.79 Å². The number of anilines is 2. The number of hydrogen-bond donors (Lipinski definition) is 1. The second-order valence-electron chi connectivity index (χ2n) is 5.40. The predicted molar refractivity (Wildman–Crippen MR) is 94.5 cm³/mol. The number of hydrogen-bond acceptors (Lipinski definition) is 3. The Morgan fingerprint density at radius 2 is 1.91 bits per heavy atom. The molecule has 1 saturated heterocycles. The van der Waals surface area contributed by atoms with Crippen molar-refractivity contribution < 1.29 is 4.79 Å². The van der Waals surface area contributed by atoms with Gasteiger partial charge < -0.3 is 10.2 Å². The Morgan fingerprint density at radius 1 is 1.09 bits per heavy atom. The van der Waals surface area contributed by atoms with E-state index in [9.17, 15) is 4.79 Å². The van der Waals surface area contributed by atoms with Gasteiger partial charge in [-0.2, -0.15) is 0 Å². The molecule has 3 nitrogen and oxygen atoms in total. The maximum atomic E-state index is 12.1. The Balaban J connectivity index is 1.70. The molecule has 1 N–H and O–H groups in total. The van der Waals surface area contributed by atoms with Gasteiger partial charge in [0.25, 0.3) is 0 Å². The van der Waals surface area contributed by atoms with Crippen molar-refractivity contribution in [3.8, 4) is 0 Å². The van der Waals surface area contributed by atoms with Gasteiger partial charge in [0, 0.05) is 24.0 Å². The fourth-order valence-electron chi connectivity index (χ4n) is 2.71. The molecule has 2 aromatic rings. The van der Waals surface area contributed by atoms with Crippen molar-refractivity contribution in [3.05, 3.63) is 52.7 Å². The lowest BCUT2D eigenvalue weighted by Gasteiger charge is -2.30. The van der Waals surface area contributed by atoms with Crippen LogP contribution in [0, 0.1) is 0 Å². The molecule has 0 spiro atoms. The first kappa shape index (κ1) is 14.9. The Bertz CT molecular complexity index is 643. The highest BCUT2D eigenvalue weighted by atomic mass is 32.1. The molecule has 4 heteroatoms. The summed E-state index contributed by atoms with van der Waals surface area (Å²) < 4.78 is 0. The minimum absolute atomic E-state index is 0.0853. The van der Waals surface area contributed by atoms with Gasteiger partial charge in [0.05, 0.1) is 11.4 Å². The largest absolute Gasteiger partial charge is 0.370 e. The molecule has 1 fully saturated rings. The highest BCUT2D eigenvalue weighted by molar-refractivity contribution is 7.10. The first-order valence-corrected chi connectivity index (χ1v) is 8.57. The van der Waals surface area contributed by atoms with E-state index < -0.39 is 0 Å². The normalized spacial score (nSPS) is 15.2. The molecule has 114 valence electrons. The van der Waals surface area contributed by atoms with E-state index in [-0.39, 0.29) is 5.91 Å². The van der Waals surface area contributed by atoms with Crippen LogP contribution in [0.25, 0.3) is 6.08 Å². The third-order valence-electron chi connectivity index (χ3n) is 3.80. The molecular formula is C18H20N2OS. The van der Waals surface area contributed by atoms with Gasteiger partial charge in [-0.3, -0.25) is 4.79 Å². The summed E-state index contributed by atoms with van der Waals surface area (Å²) in [5.74, 6) is -0.0853. The molecule has 22 heavy (non-hydrogen) atoms. The zero-order valence-corrected chi connectivity index (χ0v) is 13.3. The summed E-state index contributed by atoms with van der Waals surface area (Å²) >= 11 is 1.62. The summed E-state index contributed by atoms with van der Waals surface area (Å²) in [6.45, 7) is 2.13. The van der Waals surface area contributed by atoms with Crippen LogP contribution in [0.1, 0.15) is 24.1 Å². The summed E-state index contributed by atoms with van der Waals surface area (Å²) in [6, 6.07) is 12.0. The van der Waals surface area contributed by atoms with E-state index in [2.05, 4.69) is 16.3 Å². The van der Waals surface area contributed by atoms with Gasteiger partial charge >= 0.3 is 0 Å². The van der Waals surface area contributed by atoms with Crippen molar-refractivity contribution in [2.45, 2.75) is 19.3 Å². The zero-order chi connectivity index (χ0) is 15.2. The number of piperidine rings is 1. The van der Waals surface area contributed by atoms with Gasteiger partial charge in [-0.15, -0.1) is 11.3 Å². The lowest BCUT2D eigenvalue weighted by Crippen LogP contribution is -2.30. The van der Waals surface area contributed by atoms with E-state index >= 15 is 0 Å². The van der Waals surface area contributed by atoms with E-state index in [1.54, 1.807) is 17.4 Å². The molecule has 0 radical (unpaired) electrons. The van der Waals surface area contributed by atoms with Crippen LogP contribution in [0.3, 0.4) is 0 Å². The molecule has 0 bridgehead atoms. The van der Waals surface area contributed by atoms with E-state index in [1.807, 2.05) is 41.8 Å². The first-order chi connectivity index (χ1) is 10.8. The number of benzene rings is 1. The van der Waals surface area contributed by atoms with Crippen LogP contribution in [0.2, 0.25) is 0 Å². The van der Waals surface area contributed by atoms with Crippen molar-refractivity contribution in [2.24, 2.45) is 0 Å². The Hall–Kier alpha value is -2.07. The minimum atomic E-state index is -0.0853. The maximum Gasteiger partial charge on any atom is 0.248 e. The lowest BCUT2D eigenvalue weighted by molar-refractivity contribution is -0.111. The van der Waals surface area contributed by atoms with Gasteiger partial charge in [-0.05, 0) is 48.9 Å². The topological polar surface area (TPSA) is 32.3 Å². The average molecular weight is 312 g/mol. The summed E-state index contributed by atoms with van der Waals surface area (Å²) in [6.07, 6.45) is 7.19. The molecular weight excluding hydrogens is 292 g/mol. The summed E-state index contributed by atoms with van der Waals surface area (Å²) in [4.78, 5) is 15.6. The van der Waals surface area contributed by atoms with E-state index in [4.69, 9.17) is 0 Å². The third-order valence-corrected chi connectivity index (χ3v) is 4.64. The molecule has 1 aliphatic heterocycles. The fourth-order valence-corrected chi connectivity index (χ4v) is 3.33. The molecule has 1 aromatic carbocycles. The molecule has 0 aliphatic carbocycles. The Labute approximate surface area is 135 Å². The van der Waals surface area contributed by atoms with Crippen LogP contribution in [-0.4, -0.2) is 19.0 Å². The summed E-state index contributed by atoms with van der Waals surface area (Å²) in [5.41, 5.74) is 2.02. The number of nitrogens with one attached hydrogen (secondary N) is 1. The van der Waals surface area contributed by atoms with Crippen molar-refractivity contribution >= 4 is 34.7 Å². The van der Waals surface area contributed by atoms with Gasteiger partial charge in [-0.1, -0.05) is 18.2 Å². The average Bonchev–Trinajstić information content (AvgIpc) is 3.08. The number of amides is 1. The van der Waals surface area contributed by atoms with Crippen LogP contribution in [0.4, 0.5) is 11.4 Å². The smallest absolute Gasteiger partial charge is 0.248 e. The maximum absolute atomic E-state index is 12.1. The van der Waals surface area contributed by atoms with E-state index in [0.717, 1.165) is 29.3 Å². The van der Waals surface area contributed by atoms with Gasteiger partial charge in [0.2, 0.25) is 5.91 Å². The minimum Gasteiger partial charge on any atom is -0.370 e. The molecule has 1 aliphatic rings. The van der Waals surface area contributed by atoms with E-state index in [0.29, 0.717) is 0 Å². The molecule has 2 heterocycles. The molecule has 0 unspecified atom stereocenters. The molecule has 3 rings (SSSR count). The third kappa shape index (κ3) is 3.77. The number of para-hydroxylation sites is 2. The predicted octanol–water partition coefficient (Wildman–Crippen LogP) is 4.39. The van der Waals surface area contributed by atoms with Crippen molar-refractivity contribution in [3.63, 3.8) is 0 Å². The van der Waals surface area contributed by atoms with E-state index in [1.165, 1.54) is 19.3 Å². The van der Waals surface area contributed by atoms with Gasteiger partial charge in [0.15, 0.2) is 0 Å². The Morgan fingerprint density at radius 3 is 2.68 bits per heavy atom. The van der Waals surface area contributed by atoms with Crippen molar-refractivity contribution in [1.82, 2.24) is 0 Å². The number of nitrogens with zero attached hydrogens (tertiary/aromatic N) is 1. The standard InChI is InChI=1S/C18H20N2OS/c21-18(11-10-15-7-6-14-22-15)19-16-8-2-3-9-17(16)20-12-4-1-5-13-20/h2-3,6-11,14H,1,4-5,12-13H2,(H,19,21)/b11-10+. The molecule has 1 aromatic heterocycles. The van der Waals surface area contributed by atoms with Crippen LogP contribution >= 0.6 is 11.3 Å². The van der Waals surface area contributed by atoms with Crippen LogP contribution in [0.15, 0.2) is 47.9 Å². The highest BCUT2D eigenvalue weighted by Gasteiger charge is 2.14. The quantitative estimate of drug-likeness (QED) is 0.849. The number of carbonyl (C=O) groups excluding carboxylic acids is 1. The first-order valence-electron chi connectivity index (χ1n) is 7.69. The lowest BCUT2D eigenvalue weighted by atomic mass is 10.1.